The third-order valence-electron chi connectivity index (χ3n) is 4.89. The number of para-hydroxylation sites is 1. The Morgan fingerprint density at radius 2 is 1.57 bits per heavy atom. The van der Waals surface area contributed by atoms with Crippen LogP contribution in [0.4, 0.5) is 10.5 Å². The average Bonchev–Trinajstić information content (AvgIpc) is 2.68. The van der Waals surface area contributed by atoms with E-state index < -0.39 is 17.9 Å². The van der Waals surface area contributed by atoms with Gasteiger partial charge in [-0.25, -0.2) is 4.79 Å². The molecule has 2 aromatic carbocycles. The van der Waals surface area contributed by atoms with Crippen LogP contribution in [0.25, 0.3) is 5.57 Å². The second-order valence-corrected chi connectivity index (χ2v) is 8.32. The van der Waals surface area contributed by atoms with Crippen LogP contribution in [0, 0.1) is 0 Å². The molecule has 0 saturated heterocycles. The number of nitrogens with zero attached hydrogens (tertiary/aromatic N) is 2. The normalized spacial score (nSPS) is 16.2. The van der Waals surface area contributed by atoms with Crippen LogP contribution in [0.3, 0.4) is 0 Å². The Morgan fingerprint density at radius 3 is 2.13 bits per heavy atom. The number of carbonyl (C=O) groups is 3. The highest BCUT2D eigenvalue weighted by Gasteiger charge is 2.42. The number of ketones is 1. The van der Waals surface area contributed by atoms with E-state index in [0.29, 0.717) is 22.4 Å². The summed E-state index contributed by atoms with van der Waals surface area (Å²) in [6.45, 7) is 11.1. The van der Waals surface area contributed by atoms with E-state index in [0.717, 1.165) is 5.56 Å². The third-order valence-corrected chi connectivity index (χ3v) is 4.89. The number of rotatable bonds is 3. The summed E-state index contributed by atoms with van der Waals surface area (Å²) in [5.74, 6) is -0.252. The largest absolute Gasteiger partial charge is 0.443 e. The van der Waals surface area contributed by atoms with Crippen LogP contribution in [-0.2, 0) is 4.74 Å². The lowest BCUT2D eigenvalue weighted by Crippen LogP contribution is -2.57. The lowest BCUT2D eigenvalue weighted by molar-refractivity contribution is 0.0516. The van der Waals surface area contributed by atoms with Gasteiger partial charge < -0.3 is 9.64 Å². The van der Waals surface area contributed by atoms with Crippen molar-refractivity contribution in [3.8, 4) is 0 Å². The van der Waals surface area contributed by atoms with E-state index in [-0.39, 0.29) is 11.7 Å². The van der Waals surface area contributed by atoms with E-state index in [2.05, 4.69) is 6.58 Å². The first kappa shape index (κ1) is 21.3. The fourth-order valence-corrected chi connectivity index (χ4v) is 3.44. The maximum absolute atomic E-state index is 13.2. The van der Waals surface area contributed by atoms with E-state index in [4.69, 9.17) is 4.74 Å². The van der Waals surface area contributed by atoms with Crippen molar-refractivity contribution in [2.24, 2.45) is 0 Å². The molecule has 3 rings (SSSR count). The fraction of sp³-hybridized carbons (Fsp3) is 0.292. The number of anilines is 1. The monoisotopic (exact) mass is 406 g/mol. The number of likely N-dealkylation sites (N-methyl/N-ethyl adjacent to an activating group) is 1. The maximum atomic E-state index is 13.2. The first-order chi connectivity index (χ1) is 14.0. The highest BCUT2D eigenvalue weighted by Crippen LogP contribution is 2.36. The summed E-state index contributed by atoms with van der Waals surface area (Å²) in [6, 6.07) is 13.9. The smallest absolute Gasteiger partial charge is 0.416 e. The minimum Gasteiger partial charge on any atom is -0.443 e. The molecule has 0 aromatic heterocycles. The molecule has 2 aromatic rings. The van der Waals surface area contributed by atoms with Crippen molar-refractivity contribution in [1.82, 2.24) is 4.90 Å². The highest BCUT2D eigenvalue weighted by molar-refractivity contribution is 6.08. The van der Waals surface area contributed by atoms with E-state index in [1.807, 2.05) is 0 Å². The Kier molecular flexibility index (Phi) is 5.53. The van der Waals surface area contributed by atoms with Crippen molar-refractivity contribution in [3.63, 3.8) is 0 Å². The molecule has 0 N–H and O–H groups in total. The molecule has 6 heteroatoms. The van der Waals surface area contributed by atoms with Crippen molar-refractivity contribution < 1.29 is 19.1 Å². The van der Waals surface area contributed by atoms with Crippen LogP contribution in [-0.4, -0.2) is 41.5 Å². The topological polar surface area (TPSA) is 66.9 Å². The molecule has 156 valence electrons. The first-order valence-electron chi connectivity index (χ1n) is 9.70. The zero-order valence-corrected chi connectivity index (χ0v) is 17.9. The predicted octanol–water partition coefficient (Wildman–Crippen LogP) is 4.76. The number of benzene rings is 2. The van der Waals surface area contributed by atoms with Gasteiger partial charge in [0.2, 0.25) is 0 Å². The van der Waals surface area contributed by atoms with Gasteiger partial charge in [-0.1, -0.05) is 43.0 Å². The highest BCUT2D eigenvalue weighted by atomic mass is 16.6. The summed E-state index contributed by atoms with van der Waals surface area (Å²) in [7, 11) is 1.63. The van der Waals surface area contributed by atoms with Crippen molar-refractivity contribution in [2.45, 2.75) is 39.5 Å². The molecular formula is C24H26N2O4. The molecule has 0 fully saturated rings. The van der Waals surface area contributed by atoms with E-state index in [9.17, 15) is 14.4 Å². The van der Waals surface area contributed by atoms with Gasteiger partial charge in [0.1, 0.15) is 11.8 Å². The molecule has 0 radical (unpaired) electrons. The average molecular weight is 406 g/mol. The number of fused-ring (bicyclic) bond motifs is 1. The fourth-order valence-electron chi connectivity index (χ4n) is 3.44. The first-order valence-corrected chi connectivity index (χ1v) is 9.70. The van der Waals surface area contributed by atoms with E-state index in [1.165, 1.54) is 16.7 Å². The van der Waals surface area contributed by atoms with Gasteiger partial charge in [-0.15, -0.1) is 0 Å². The van der Waals surface area contributed by atoms with Crippen molar-refractivity contribution in [2.75, 3.05) is 11.9 Å². The molecule has 2 amide bonds. The molecule has 30 heavy (non-hydrogen) atoms. The molecule has 1 aliphatic rings. The number of amides is 2. The van der Waals surface area contributed by atoms with Crippen LogP contribution >= 0.6 is 0 Å². The second-order valence-electron chi connectivity index (χ2n) is 8.32. The zero-order chi connectivity index (χ0) is 22.2. The molecule has 0 spiro atoms. The minimum atomic E-state index is -0.773. The standard InChI is InChI=1S/C24H26N2O4/c1-15(17-11-13-18(14-12-17)16(2)27)21-25(6)22(28)19-9-7-8-10-20(19)26(21)23(29)30-24(3,4)5/h7-14,21H,1H2,2-6H3. The Labute approximate surface area is 176 Å². The van der Waals surface area contributed by atoms with Gasteiger partial charge in [0.25, 0.3) is 5.91 Å². The molecule has 1 heterocycles. The van der Waals surface area contributed by atoms with Crippen molar-refractivity contribution >= 4 is 29.0 Å². The third kappa shape index (κ3) is 3.99. The molecule has 1 aliphatic heterocycles. The summed E-state index contributed by atoms with van der Waals surface area (Å²) < 4.78 is 5.65. The van der Waals surface area contributed by atoms with Crippen LogP contribution in [0.15, 0.2) is 55.1 Å². The molecule has 0 aliphatic carbocycles. The van der Waals surface area contributed by atoms with Crippen molar-refractivity contribution in [1.29, 1.82) is 0 Å². The predicted molar refractivity (Wildman–Crippen MR) is 117 cm³/mol. The number of hydrogen-bond acceptors (Lipinski definition) is 4. The zero-order valence-electron chi connectivity index (χ0n) is 17.9. The summed E-state index contributed by atoms with van der Waals surface area (Å²) in [6.07, 6.45) is -1.34. The van der Waals surface area contributed by atoms with Gasteiger partial charge in [-0.2, -0.15) is 0 Å². The lowest BCUT2D eigenvalue weighted by atomic mass is 9.97. The van der Waals surface area contributed by atoms with Gasteiger partial charge in [0, 0.05) is 12.6 Å². The van der Waals surface area contributed by atoms with E-state index >= 15 is 0 Å². The molecule has 0 bridgehead atoms. The Morgan fingerprint density at radius 1 is 1.00 bits per heavy atom. The van der Waals surface area contributed by atoms with Gasteiger partial charge in [0.15, 0.2) is 5.78 Å². The number of Topliss-reactive ketones (excluding diaryl/α,β-unsaturated/α-hetero) is 1. The van der Waals surface area contributed by atoms with Crippen LogP contribution < -0.4 is 4.90 Å². The minimum absolute atomic E-state index is 0.0403. The molecule has 1 atom stereocenters. The Bertz CT molecular complexity index is 1020. The number of carbonyl (C=O) groups excluding carboxylic acids is 3. The Hall–Kier alpha value is -3.41. The summed E-state index contributed by atoms with van der Waals surface area (Å²) in [5, 5.41) is 0. The van der Waals surface area contributed by atoms with Gasteiger partial charge in [-0.3, -0.25) is 14.5 Å². The molecular weight excluding hydrogens is 380 g/mol. The summed E-state index contributed by atoms with van der Waals surface area (Å²) >= 11 is 0. The number of ether oxygens (including phenoxy) is 1. The van der Waals surface area contributed by atoms with Crippen molar-refractivity contribution in [3.05, 3.63) is 71.8 Å². The van der Waals surface area contributed by atoms with Crippen LogP contribution in [0.1, 0.15) is 54.0 Å². The van der Waals surface area contributed by atoms with E-state index in [1.54, 1.807) is 76.3 Å². The SMILES string of the molecule is C=C(c1ccc(C(C)=O)cc1)C1N(C)C(=O)c2ccccc2N1C(=O)OC(C)(C)C. The quantitative estimate of drug-likeness (QED) is 0.690. The van der Waals surface area contributed by atoms with Gasteiger partial charge >= 0.3 is 6.09 Å². The molecule has 1 unspecified atom stereocenters. The number of hydrogen-bond donors (Lipinski definition) is 0. The molecule has 0 saturated carbocycles. The Balaban J connectivity index is 2.09. The van der Waals surface area contributed by atoms with Gasteiger partial charge in [-0.05, 0) is 51.0 Å². The van der Waals surface area contributed by atoms with Crippen LogP contribution in [0.2, 0.25) is 0 Å². The lowest BCUT2D eigenvalue weighted by Gasteiger charge is -2.43. The molecule has 6 nitrogen and oxygen atoms in total. The van der Waals surface area contributed by atoms with Gasteiger partial charge in [0.05, 0.1) is 11.3 Å². The maximum Gasteiger partial charge on any atom is 0.416 e. The summed E-state index contributed by atoms with van der Waals surface area (Å²) in [5.41, 5.74) is 2.03. The summed E-state index contributed by atoms with van der Waals surface area (Å²) in [4.78, 5) is 40.8. The van der Waals surface area contributed by atoms with Crippen LogP contribution in [0.5, 0.6) is 0 Å². The second kappa shape index (κ2) is 7.78.